The summed E-state index contributed by atoms with van der Waals surface area (Å²) < 4.78 is 10.4. The largest absolute Gasteiger partial charge is 0.454 e. The molecule has 0 saturated heterocycles. The highest BCUT2D eigenvalue weighted by atomic mass is 35.5. The lowest BCUT2D eigenvalue weighted by atomic mass is 10.1. The van der Waals surface area contributed by atoms with Crippen molar-refractivity contribution in [3.8, 4) is 0 Å². The van der Waals surface area contributed by atoms with Crippen LogP contribution in [-0.2, 0) is 9.47 Å². The van der Waals surface area contributed by atoms with Gasteiger partial charge in [0.15, 0.2) is 0 Å². The van der Waals surface area contributed by atoms with Crippen molar-refractivity contribution in [2.45, 2.75) is 19.4 Å². The van der Waals surface area contributed by atoms with Crippen LogP contribution in [-0.4, -0.2) is 42.9 Å². The number of ether oxygens (including phenoxy) is 2. The number of fused-ring (bicyclic) bond motifs is 1. The number of hydrogen-bond acceptors (Lipinski definition) is 5. The molecule has 0 radical (unpaired) electrons. The topological polar surface area (TPSA) is 72.9 Å². The van der Waals surface area contributed by atoms with Gasteiger partial charge >= 0.3 is 5.97 Å². The normalized spacial score (nSPS) is 14.2. The second-order valence-corrected chi connectivity index (χ2v) is 6.84. The second-order valence-electron chi connectivity index (χ2n) is 6.44. The molecule has 1 atom stereocenters. The van der Waals surface area contributed by atoms with E-state index in [0.717, 1.165) is 0 Å². The van der Waals surface area contributed by atoms with E-state index in [1.54, 1.807) is 32.2 Å². The number of nitrogens with zero attached hydrogens (tertiary/aromatic N) is 1. The Hall–Kier alpha value is -2.70. The number of methoxy groups -OCH3 is 1. The monoisotopic (exact) mass is 401 g/mol. The molecule has 0 aliphatic carbocycles. The van der Waals surface area contributed by atoms with Crippen molar-refractivity contribution in [2.24, 2.45) is 0 Å². The maximum absolute atomic E-state index is 12.6. The molecule has 2 amide bonds. The van der Waals surface area contributed by atoms with Crippen LogP contribution in [0, 0.1) is 0 Å². The number of esters is 1. The van der Waals surface area contributed by atoms with Crippen LogP contribution < -0.4 is 0 Å². The van der Waals surface area contributed by atoms with Gasteiger partial charge in [-0.3, -0.25) is 14.5 Å². The third kappa shape index (κ3) is 3.93. The molecule has 0 fully saturated rings. The summed E-state index contributed by atoms with van der Waals surface area (Å²) >= 11 is 6.14. The first-order valence-corrected chi connectivity index (χ1v) is 9.26. The molecule has 2 aromatic carbocycles. The number of amides is 2. The standard InChI is InChI=1S/C21H20ClNO5/c1-13(15-6-3-4-7-18(15)22)28-21(26)14-8-9-16-17(12-14)20(25)23(19(16)24)10-5-11-27-2/h3-4,6-9,12-13H,5,10-11H2,1-2H3/t13-/m0/s1. The second kappa shape index (κ2) is 8.54. The average molecular weight is 402 g/mol. The van der Waals surface area contributed by atoms with E-state index in [2.05, 4.69) is 0 Å². The summed E-state index contributed by atoms with van der Waals surface area (Å²) in [5.41, 5.74) is 1.40. The molecule has 0 spiro atoms. The lowest BCUT2D eigenvalue weighted by Gasteiger charge is -2.15. The molecule has 3 rings (SSSR count). The van der Waals surface area contributed by atoms with E-state index >= 15 is 0 Å². The summed E-state index contributed by atoms with van der Waals surface area (Å²) in [5.74, 6) is -1.36. The molecule has 1 heterocycles. The Bertz CT molecular complexity index is 927. The summed E-state index contributed by atoms with van der Waals surface area (Å²) in [6.45, 7) is 2.44. The smallest absolute Gasteiger partial charge is 0.338 e. The molecule has 0 unspecified atom stereocenters. The molecule has 146 valence electrons. The first-order valence-electron chi connectivity index (χ1n) is 8.88. The number of hydrogen-bond donors (Lipinski definition) is 0. The molecule has 7 heteroatoms. The van der Waals surface area contributed by atoms with Crippen molar-refractivity contribution in [2.75, 3.05) is 20.3 Å². The fourth-order valence-electron chi connectivity index (χ4n) is 3.08. The maximum atomic E-state index is 12.6. The SMILES string of the molecule is COCCCN1C(=O)c2ccc(C(=O)O[C@@H](C)c3ccccc3Cl)cc2C1=O. The van der Waals surface area contributed by atoms with E-state index in [1.165, 1.54) is 23.1 Å². The van der Waals surface area contributed by atoms with Gasteiger partial charge in [-0.2, -0.15) is 0 Å². The molecular formula is C21H20ClNO5. The first-order chi connectivity index (χ1) is 13.4. The highest BCUT2D eigenvalue weighted by Crippen LogP contribution is 2.28. The first kappa shape index (κ1) is 20.0. The van der Waals surface area contributed by atoms with E-state index in [-0.39, 0.29) is 29.1 Å². The van der Waals surface area contributed by atoms with Crippen LogP contribution in [0.5, 0.6) is 0 Å². The van der Waals surface area contributed by atoms with Gasteiger partial charge in [0, 0.05) is 30.8 Å². The number of rotatable bonds is 7. The van der Waals surface area contributed by atoms with Crippen molar-refractivity contribution in [1.29, 1.82) is 0 Å². The van der Waals surface area contributed by atoms with Gasteiger partial charge in [-0.1, -0.05) is 29.8 Å². The van der Waals surface area contributed by atoms with Crippen LogP contribution in [0.25, 0.3) is 0 Å². The molecule has 1 aliphatic rings. The molecule has 2 aromatic rings. The zero-order chi connectivity index (χ0) is 20.3. The Morgan fingerprint density at radius 2 is 1.82 bits per heavy atom. The van der Waals surface area contributed by atoms with Gasteiger partial charge in [-0.15, -0.1) is 0 Å². The van der Waals surface area contributed by atoms with Crippen molar-refractivity contribution < 1.29 is 23.9 Å². The van der Waals surface area contributed by atoms with Gasteiger partial charge in [0.1, 0.15) is 6.10 Å². The Morgan fingerprint density at radius 1 is 1.11 bits per heavy atom. The molecule has 0 N–H and O–H groups in total. The minimum Gasteiger partial charge on any atom is -0.454 e. The summed E-state index contributed by atoms with van der Waals surface area (Å²) in [7, 11) is 1.56. The third-order valence-electron chi connectivity index (χ3n) is 4.56. The third-order valence-corrected chi connectivity index (χ3v) is 4.91. The summed E-state index contributed by atoms with van der Waals surface area (Å²) in [5, 5.41) is 0.504. The molecule has 0 saturated carbocycles. The number of carbonyl (C=O) groups is 3. The quantitative estimate of drug-likeness (QED) is 0.400. The van der Waals surface area contributed by atoms with Gasteiger partial charge in [-0.05, 0) is 37.6 Å². The van der Waals surface area contributed by atoms with Crippen LogP contribution in [0.1, 0.15) is 56.1 Å². The van der Waals surface area contributed by atoms with E-state index in [1.807, 2.05) is 6.07 Å². The van der Waals surface area contributed by atoms with Gasteiger partial charge in [-0.25, -0.2) is 4.79 Å². The van der Waals surface area contributed by atoms with Crippen LogP contribution >= 0.6 is 11.6 Å². The predicted octanol–water partition coefficient (Wildman–Crippen LogP) is 3.89. The van der Waals surface area contributed by atoms with Crippen LogP contribution in [0.4, 0.5) is 0 Å². The van der Waals surface area contributed by atoms with Crippen molar-refractivity contribution in [3.63, 3.8) is 0 Å². The van der Waals surface area contributed by atoms with E-state index < -0.39 is 18.0 Å². The highest BCUT2D eigenvalue weighted by molar-refractivity contribution is 6.31. The number of carbonyl (C=O) groups excluding carboxylic acids is 3. The van der Waals surface area contributed by atoms with Gasteiger partial charge in [0.2, 0.25) is 0 Å². The van der Waals surface area contributed by atoms with Gasteiger partial charge in [0.25, 0.3) is 11.8 Å². The molecule has 28 heavy (non-hydrogen) atoms. The Kier molecular flexibility index (Phi) is 6.11. The van der Waals surface area contributed by atoms with Crippen molar-refractivity contribution >= 4 is 29.4 Å². The molecule has 6 nitrogen and oxygen atoms in total. The van der Waals surface area contributed by atoms with Crippen LogP contribution in [0.2, 0.25) is 5.02 Å². The Morgan fingerprint density at radius 3 is 2.54 bits per heavy atom. The Labute approximate surface area is 168 Å². The van der Waals surface area contributed by atoms with Gasteiger partial charge < -0.3 is 9.47 Å². The fraction of sp³-hybridized carbons (Fsp3) is 0.286. The Balaban J connectivity index is 1.76. The van der Waals surface area contributed by atoms with Gasteiger partial charge in [0.05, 0.1) is 16.7 Å². The number of imide groups is 1. The highest BCUT2D eigenvalue weighted by Gasteiger charge is 2.35. The zero-order valence-corrected chi connectivity index (χ0v) is 16.4. The molecule has 0 aromatic heterocycles. The van der Waals surface area contributed by atoms with Crippen molar-refractivity contribution in [1.82, 2.24) is 4.90 Å². The molecule has 1 aliphatic heterocycles. The van der Waals surface area contributed by atoms with E-state index in [0.29, 0.717) is 23.6 Å². The minimum atomic E-state index is -0.590. The van der Waals surface area contributed by atoms with E-state index in [9.17, 15) is 14.4 Å². The van der Waals surface area contributed by atoms with Crippen LogP contribution in [0.3, 0.4) is 0 Å². The minimum absolute atomic E-state index is 0.206. The average Bonchev–Trinajstić information content (AvgIpc) is 2.92. The summed E-state index contributed by atoms with van der Waals surface area (Å²) in [4.78, 5) is 38.7. The number of halogens is 1. The predicted molar refractivity (Wildman–Crippen MR) is 104 cm³/mol. The van der Waals surface area contributed by atoms with Crippen LogP contribution in [0.15, 0.2) is 42.5 Å². The lowest BCUT2D eigenvalue weighted by molar-refractivity contribution is 0.0338. The zero-order valence-electron chi connectivity index (χ0n) is 15.6. The van der Waals surface area contributed by atoms with E-state index in [4.69, 9.17) is 21.1 Å². The molecule has 0 bridgehead atoms. The fourth-order valence-corrected chi connectivity index (χ4v) is 3.37. The van der Waals surface area contributed by atoms with Crippen molar-refractivity contribution in [3.05, 3.63) is 69.7 Å². The summed E-state index contributed by atoms with van der Waals surface area (Å²) in [6, 6.07) is 11.5. The molecular weight excluding hydrogens is 382 g/mol. The lowest BCUT2D eigenvalue weighted by Crippen LogP contribution is -2.31. The number of benzene rings is 2. The maximum Gasteiger partial charge on any atom is 0.338 e. The summed E-state index contributed by atoms with van der Waals surface area (Å²) in [6.07, 6.45) is -0.0102.